The molecule has 0 saturated carbocycles. The van der Waals surface area contributed by atoms with E-state index in [0.29, 0.717) is 6.61 Å². The Hall–Kier alpha value is -2.34. The molecule has 2 aromatic carbocycles. The van der Waals surface area contributed by atoms with E-state index in [1.807, 2.05) is 35.6 Å². The largest absolute Gasteiger partial charge is 0.493 e. The van der Waals surface area contributed by atoms with Crippen LogP contribution in [0.15, 0.2) is 66.0 Å². The number of nitrogens with one attached hydrogen (secondary N) is 1. The van der Waals surface area contributed by atoms with Crippen molar-refractivity contribution in [2.45, 2.75) is 12.6 Å². The fourth-order valence-electron chi connectivity index (χ4n) is 3.65. The van der Waals surface area contributed by atoms with Gasteiger partial charge in [-0.25, -0.2) is 0 Å². The van der Waals surface area contributed by atoms with E-state index in [0.717, 1.165) is 43.2 Å². The smallest absolute Gasteiger partial charge is 0.161 e. The van der Waals surface area contributed by atoms with Crippen LogP contribution >= 0.6 is 11.3 Å². The van der Waals surface area contributed by atoms with E-state index in [4.69, 9.17) is 9.47 Å². The predicted octanol–water partition coefficient (Wildman–Crippen LogP) is 4.33. The molecule has 2 heterocycles. The molecule has 0 unspecified atom stereocenters. The van der Waals surface area contributed by atoms with Gasteiger partial charge < -0.3 is 14.8 Å². The van der Waals surface area contributed by atoms with Gasteiger partial charge in [-0.3, -0.25) is 4.90 Å². The second kappa shape index (κ2) is 9.24. The molecule has 146 valence electrons. The van der Waals surface area contributed by atoms with E-state index < -0.39 is 0 Å². The summed E-state index contributed by atoms with van der Waals surface area (Å²) in [6.45, 7) is 4.66. The standard InChI is InChI=1S/C23H26N2O2S/c1-26-21-16-19(9-10-20(21)27-17-18-6-3-2-4-7-18)23(22-8-5-15-28-22)25-13-11-24-12-14-25/h2-10,15-16,23-24H,11-14,17H2,1H3/t23-/m1/s1. The zero-order chi connectivity index (χ0) is 19.2. The highest BCUT2D eigenvalue weighted by atomic mass is 32.1. The quantitative estimate of drug-likeness (QED) is 0.647. The number of methoxy groups -OCH3 is 1. The van der Waals surface area contributed by atoms with Gasteiger partial charge in [0.1, 0.15) is 6.61 Å². The lowest BCUT2D eigenvalue weighted by Crippen LogP contribution is -2.45. The number of ether oxygens (including phenoxy) is 2. The molecular weight excluding hydrogens is 368 g/mol. The Morgan fingerprint density at radius 1 is 1.00 bits per heavy atom. The third kappa shape index (κ3) is 4.38. The molecule has 0 amide bonds. The van der Waals surface area contributed by atoms with Crippen molar-refractivity contribution < 1.29 is 9.47 Å². The maximum absolute atomic E-state index is 6.04. The van der Waals surface area contributed by atoms with Crippen molar-refractivity contribution >= 4 is 11.3 Å². The lowest BCUT2D eigenvalue weighted by Gasteiger charge is -2.35. The molecule has 3 aromatic rings. The van der Waals surface area contributed by atoms with Gasteiger partial charge in [0.05, 0.1) is 13.2 Å². The Kier molecular flexibility index (Phi) is 6.27. The second-order valence-corrected chi connectivity index (χ2v) is 7.87. The molecule has 1 atom stereocenters. The highest BCUT2D eigenvalue weighted by Crippen LogP contribution is 2.37. The van der Waals surface area contributed by atoms with Crippen molar-refractivity contribution in [3.05, 3.63) is 82.0 Å². The Bertz CT molecular complexity index is 862. The molecule has 1 aliphatic heterocycles. The Labute approximate surface area is 170 Å². The number of hydrogen-bond donors (Lipinski definition) is 1. The van der Waals surface area contributed by atoms with Gasteiger partial charge in [-0.1, -0.05) is 42.5 Å². The van der Waals surface area contributed by atoms with Crippen LogP contribution in [0, 0.1) is 0 Å². The summed E-state index contributed by atoms with van der Waals surface area (Å²) < 4.78 is 11.7. The fraction of sp³-hybridized carbons (Fsp3) is 0.304. The molecule has 0 spiro atoms. The monoisotopic (exact) mass is 394 g/mol. The maximum Gasteiger partial charge on any atom is 0.161 e. The topological polar surface area (TPSA) is 33.7 Å². The van der Waals surface area contributed by atoms with Crippen LogP contribution in [-0.2, 0) is 6.61 Å². The minimum atomic E-state index is 0.249. The number of benzene rings is 2. The van der Waals surface area contributed by atoms with Crippen molar-refractivity contribution in [3.8, 4) is 11.5 Å². The first-order valence-electron chi connectivity index (χ1n) is 9.68. The van der Waals surface area contributed by atoms with Crippen LogP contribution < -0.4 is 14.8 Å². The van der Waals surface area contributed by atoms with E-state index in [1.54, 1.807) is 7.11 Å². The lowest BCUT2D eigenvalue weighted by molar-refractivity contribution is 0.200. The summed E-state index contributed by atoms with van der Waals surface area (Å²) in [5, 5.41) is 5.60. The van der Waals surface area contributed by atoms with Gasteiger partial charge in [0.2, 0.25) is 0 Å². The van der Waals surface area contributed by atoms with Gasteiger partial charge in [0, 0.05) is 31.1 Å². The highest BCUT2D eigenvalue weighted by molar-refractivity contribution is 7.10. The summed E-state index contributed by atoms with van der Waals surface area (Å²) in [6, 6.07) is 21.2. The first-order valence-corrected chi connectivity index (χ1v) is 10.6. The number of thiophene rings is 1. The summed E-state index contributed by atoms with van der Waals surface area (Å²) in [7, 11) is 1.71. The lowest BCUT2D eigenvalue weighted by atomic mass is 10.0. The molecule has 1 fully saturated rings. The molecule has 0 aliphatic carbocycles. The normalized spacial score (nSPS) is 15.9. The predicted molar refractivity (Wildman–Crippen MR) is 114 cm³/mol. The van der Waals surface area contributed by atoms with Crippen molar-refractivity contribution in [1.29, 1.82) is 0 Å². The second-order valence-electron chi connectivity index (χ2n) is 6.89. The summed E-state index contributed by atoms with van der Waals surface area (Å²) in [5.41, 5.74) is 2.39. The van der Waals surface area contributed by atoms with E-state index >= 15 is 0 Å². The minimum absolute atomic E-state index is 0.249. The molecule has 0 bridgehead atoms. The van der Waals surface area contributed by atoms with Crippen LogP contribution in [-0.4, -0.2) is 38.2 Å². The number of nitrogens with zero attached hydrogens (tertiary/aromatic N) is 1. The first-order chi connectivity index (χ1) is 13.8. The SMILES string of the molecule is COc1cc([C@H](c2cccs2)N2CCNCC2)ccc1OCc1ccccc1. The fourth-order valence-corrected chi connectivity index (χ4v) is 4.54. The van der Waals surface area contributed by atoms with Gasteiger partial charge in [-0.05, 0) is 34.7 Å². The number of rotatable bonds is 7. The summed E-state index contributed by atoms with van der Waals surface area (Å²) in [5.74, 6) is 1.56. The van der Waals surface area contributed by atoms with Crippen LogP contribution in [0.2, 0.25) is 0 Å². The summed E-state index contributed by atoms with van der Waals surface area (Å²) >= 11 is 1.81. The van der Waals surface area contributed by atoms with Crippen molar-refractivity contribution in [1.82, 2.24) is 10.2 Å². The van der Waals surface area contributed by atoms with Crippen LogP contribution in [0.1, 0.15) is 22.0 Å². The maximum atomic E-state index is 6.04. The molecule has 1 aliphatic rings. The van der Waals surface area contributed by atoms with Gasteiger partial charge in [-0.15, -0.1) is 11.3 Å². The van der Waals surface area contributed by atoms with E-state index in [1.165, 1.54) is 10.4 Å². The minimum Gasteiger partial charge on any atom is -0.493 e. The van der Waals surface area contributed by atoms with Crippen molar-refractivity contribution in [3.63, 3.8) is 0 Å². The molecule has 5 heteroatoms. The summed E-state index contributed by atoms with van der Waals surface area (Å²) in [6.07, 6.45) is 0. The Balaban J connectivity index is 1.59. The molecule has 1 saturated heterocycles. The molecule has 1 N–H and O–H groups in total. The van der Waals surface area contributed by atoms with E-state index in [2.05, 4.69) is 52.0 Å². The number of hydrogen-bond acceptors (Lipinski definition) is 5. The van der Waals surface area contributed by atoms with Gasteiger partial charge in [-0.2, -0.15) is 0 Å². The van der Waals surface area contributed by atoms with Crippen molar-refractivity contribution in [2.24, 2.45) is 0 Å². The molecule has 0 radical (unpaired) electrons. The van der Waals surface area contributed by atoms with Crippen LogP contribution in [0.3, 0.4) is 0 Å². The van der Waals surface area contributed by atoms with Crippen LogP contribution in [0.25, 0.3) is 0 Å². The molecular formula is C23H26N2O2S. The number of piperazine rings is 1. The Morgan fingerprint density at radius 2 is 1.82 bits per heavy atom. The molecule has 1 aromatic heterocycles. The van der Waals surface area contributed by atoms with Gasteiger partial charge in [0.15, 0.2) is 11.5 Å². The average molecular weight is 395 g/mol. The third-order valence-corrected chi connectivity index (χ3v) is 5.99. The van der Waals surface area contributed by atoms with Crippen LogP contribution in [0.4, 0.5) is 0 Å². The van der Waals surface area contributed by atoms with Gasteiger partial charge >= 0.3 is 0 Å². The first kappa shape index (κ1) is 19.0. The summed E-state index contributed by atoms with van der Waals surface area (Å²) in [4.78, 5) is 3.91. The van der Waals surface area contributed by atoms with E-state index in [-0.39, 0.29) is 6.04 Å². The third-order valence-electron chi connectivity index (χ3n) is 5.07. The zero-order valence-corrected chi connectivity index (χ0v) is 17.0. The van der Waals surface area contributed by atoms with Crippen LogP contribution in [0.5, 0.6) is 11.5 Å². The highest BCUT2D eigenvalue weighted by Gasteiger charge is 2.25. The van der Waals surface area contributed by atoms with Gasteiger partial charge in [0.25, 0.3) is 0 Å². The zero-order valence-electron chi connectivity index (χ0n) is 16.1. The average Bonchev–Trinajstić information content (AvgIpc) is 3.28. The Morgan fingerprint density at radius 3 is 2.54 bits per heavy atom. The molecule has 4 rings (SSSR count). The molecule has 28 heavy (non-hydrogen) atoms. The van der Waals surface area contributed by atoms with Crippen molar-refractivity contribution in [2.75, 3.05) is 33.3 Å². The molecule has 4 nitrogen and oxygen atoms in total. The van der Waals surface area contributed by atoms with E-state index in [9.17, 15) is 0 Å².